The molecule has 1 aliphatic rings. The third kappa shape index (κ3) is 3.69. The minimum absolute atomic E-state index is 0.321. The van der Waals surface area contributed by atoms with Crippen molar-refractivity contribution in [2.24, 2.45) is 0 Å². The first-order valence-corrected chi connectivity index (χ1v) is 11.2. The molecular weight excluding hydrogens is 436 g/mol. The van der Waals surface area contributed by atoms with Crippen LogP contribution in [0.4, 0.5) is 0 Å². The van der Waals surface area contributed by atoms with Crippen LogP contribution in [0.15, 0.2) is 66.2 Å². The minimum atomic E-state index is -1.87. The number of hydrogen-bond donors (Lipinski definition) is 1. The van der Waals surface area contributed by atoms with Gasteiger partial charge in [-0.25, -0.2) is 4.79 Å². The number of cyclic esters (lactones) is 1. The number of benzene rings is 3. The SMILES string of the molecule is COc1ccc(CC2=C(c3ccc4nsnc4c3)C(=O)OC2(O)c2ccc(C)c(C)c2)cc1. The van der Waals surface area contributed by atoms with Gasteiger partial charge in [0, 0.05) is 17.6 Å². The summed E-state index contributed by atoms with van der Waals surface area (Å²) in [5, 5.41) is 11.8. The van der Waals surface area contributed by atoms with Crippen LogP contribution in [0.25, 0.3) is 16.6 Å². The highest BCUT2D eigenvalue weighted by Crippen LogP contribution is 2.45. The van der Waals surface area contributed by atoms with Gasteiger partial charge in [-0.15, -0.1) is 0 Å². The van der Waals surface area contributed by atoms with E-state index in [1.165, 1.54) is 0 Å². The molecule has 7 heteroatoms. The van der Waals surface area contributed by atoms with Gasteiger partial charge < -0.3 is 14.6 Å². The van der Waals surface area contributed by atoms with Crippen molar-refractivity contribution in [3.8, 4) is 5.75 Å². The maximum absolute atomic E-state index is 13.2. The van der Waals surface area contributed by atoms with E-state index in [0.717, 1.165) is 39.7 Å². The Kier molecular flexibility index (Phi) is 5.23. The summed E-state index contributed by atoms with van der Waals surface area (Å²) in [7, 11) is 1.61. The van der Waals surface area contributed by atoms with Crippen molar-refractivity contribution in [3.05, 3.63) is 94.1 Å². The maximum atomic E-state index is 13.2. The summed E-state index contributed by atoms with van der Waals surface area (Å²) in [6.45, 7) is 3.97. The van der Waals surface area contributed by atoms with Gasteiger partial charge in [0.25, 0.3) is 5.79 Å². The molecule has 0 saturated heterocycles. The van der Waals surface area contributed by atoms with Crippen LogP contribution in [-0.4, -0.2) is 26.9 Å². The van der Waals surface area contributed by atoms with Crippen LogP contribution in [0.5, 0.6) is 5.75 Å². The number of aromatic nitrogens is 2. The second kappa shape index (κ2) is 8.10. The minimum Gasteiger partial charge on any atom is -0.497 e. The lowest BCUT2D eigenvalue weighted by molar-refractivity contribution is -0.185. The zero-order chi connectivity index (χ0) is 23.2. The number of ether oxygens (including phenoxy) is 2. The molecule has 1 unspecified atom stereocenters. The largest absolute Gasteiger partial charge is 0.497 e. The fraction of sp³-hybridized carbons (Fsp3) is 0.192. The Labute approximate surface area is 195 Å². The molecule has 2 heterocycles. The van der Waals surface area contributed by atoms with Gasteiger partial charge in [-0.1, -0.05) is 30.3 Å². The number of methoxy groups -OCH3 is 1. The Morgan fingerprint density at radius 2 is 1.73 bits per heavy atom. The van der Waals surface area contributed by atoms with E-state index in [1.54, 1.807) is 13.2 Å². The molecule has 6 nitrogen and oxygen atoms in total. The van der Waals surface area contributed by atoms with E-state index in [9.17, 15) is 9.90 Å². The number of nitrogens with zero attached hydrogens (tertiary/aromatic N) is 2. The topological polar surface area (TPSA) is 81.5 Å². The first-order chi connectivity index (χ1) is 15.9. The number of hydrogen-bond acceptors (Lipinski definition) is 7. The number of carbonyl (C=O) groups excluding carboxylic acids is 1. The molecule has 1 aromatic heterocycles. The summed E-state index contributed by atoms with van der Waals surface area (Å²) < 4.78 is 19.5. The van der Waals surface area contributed by atoms with E-state index < -0.39 is 11.8 Å². The summed E-state index contributed by atoms with van der Waals surface area (Å²) in [5.41, 5.74) is 6.47. The Balaban J connectivity index is 1.69. The number of aliphatic hydroxyl groups is 1. The predicted molar refractivity (Wildman–Crippen MR) is 127 cm³/mol. The van der Waals surface area contributed by atoms with Crippen LogP contribution in [0.2, 0.25) is 0 Å². The standard InChI is InChI=1S/C26H22N2O4S/c1-15-4-8-19(12-16(15)2)26(30)21(13-17-5-9-20(31-3)10-6-17)24(25(29)32-26)18-7-11-22-23(14-18)28-33-27-22/h4-12,14,30H,13H2,1-3H3. The van der Waals surface area contributed by atoms with Gasteiger partial charge >= 0.3 is 5.97 Å². The van der Waals surface area contributed by atoms with Crippen molar-refractivity contribution >= 4 is 34.3 Å². The molecule has 1 atom stereocenters. The molecule has 0 spiro atoms. The Morgan fingerprint density at radius 3 is 2.45 bits per heavy atom. The average molecular weight is 459 g/mol. The number of fused-ring (bicyclic) bond motifs is 1. The Hall–Kier alpha value is -3.55. The van der Waals surface area contributed by atoms with E-state index in [1.807, 2.05) is 68.4 Å². The van der Waals surface area contributed by atoms with Crippen LogP contribution in [0.1, 0.15) is 27.8 Å². The second-order valence-corrected chi connectivity index (χ2v) is 8.71. The van der Waals surface area contributed by atoms with Crippen LogP contribution in [-0.2, 0) is 21.7 Å². The van der Waals surface area contributed by atoms with E-state index in [0.29, 0.717) is 34.2 Å². The molecule has 0 aliphatic carbocycles. The van der Waals surface area contributed by atoms with Gasteiger partial charge in [-0.05, 0) is 66.4 Å². The van der Waals surface area contributed by atoms with Crippen molar-refractivity contribution in [2.75, 3.05) is 7.11 Å². The average Bonchev–Trinajstić information content (AvgIpc) is 3.38. The molecule has 33 heavy (non-hydrogen) atoms. The monoisotopic (exact) mass is 458 g/mol. The fourth-order valence-corrected chi connectivity index (χ4v) is 4.63. The molecule has 0 bridgehead atoms. The van der Waals surface area contributed by atoms with E-state index >= 15 is 0 Å². The van der Waals surface area contributed by atoms with Gasteiger partial charge in [0.15, 0.2) is 0 Å². The lowest BCUT2D eigenvalue weighted by Crippen LogP contribution is -2.30. The van der Waals surface area contributed by atoms with Gasteiger partial charge in [0.1, 0.15) is 16.8 Å². The lowest BCUT2D eigenvalue weighted by Gasteiger charge is -2.26. The van der Waals surface area contributed by atoms with Gasteiger partial charge in [0.05, 0.1) is 24.4 Å². The van der Waals surface area contributed by atoms with Crippen LogP contribution < -0.4 is 4.74 Å². The molecule has 1 N–H and O–H groups in total. The molecule has 4 aromatic rings. The number of aryl methyl sites for hydroxylation is 2. The quantitative estimate of drug-likeness (QED) is 0.436. The first kappa shape index (κ1) is 21.3. The fourth-order valence-electron chi connectivity index (χ4n) is 4.11. The third-order valence-corrected chi connectivity index (χ3v) is 6.69. The molecule has 0 saturated carbocycles. The lowest BCUT2D eigenvalue weighted by atomic mass is 9.87. The van der Waals surface area contributed by atoms with Crippen LogP contribution in [0, 0.1) is 13.8 Å². The number of carbonyl (C=O) groups is 1. The maximum Gasteiger partial charge on any atom is 0.342 e. The molecule has 3 aromatic carbocycles. The zero-order valence-corrected chi connectivity index (χ0v) is 19.3. The van der Waals surface area contributed by atoms with E-state index in [2.05, 4.69) is 8.75 Å². The molecule has 0 fully saturated rings. The van der Waals surface area contributed by atoms with Crippen LogP contribution >= 0.6 is 11.7 Å². The van der Waals surface area contributed by atoms with Gasteiger partial charge in [0.2, 0.25) is 0 Å². The summed E-state index contributed by atoms with van der Waals surface area (Å²) in [6.07, 6.45) is 0.321. The smallest absolute Gasteiger partial charge is 0.342 e. The van der Waals surface area contributed by atoms with Crippen molar-refractivity contribution < 1.29 is 19.4 Å². The zero-order valence-electron chi connectivity index (χ0n) is 18.5. The molecule has 0 amide bonds. The summed E-state index contributed by atoms with van der Waals surface area (Å²) in [4.78, 5) is 13.2. The van der Waals surface area contributed by atoms with Crippen molar-refractivity contribution in [2.45, 2.75) is 26.1 Å². The van der Waals surface area contributed by atoms with Crippen molar-refractivity contribution in [3.63, 3.8) is 0 Å². The summed E-state index contributed by atoms with van der Waals surface area (Å²) in [6, 6.07) is 18.6. The molecular formula is C26H22N2O4S. The molecule has 5 rings (SSSR count). The molecule has 0 radical (unpaired) electrons. The Bertz CT molecular complexity index is 1410. The normalized spacial score (nSPS) is 18.1. The number of rotatable bonds is 5. The first-order valence-electron chi connectivity index (χ1n) is 10.5. The molecule has 166 valence electrons. The number of esters is 1. The Morgan fingerprint density at radius 1 is 0.970 bits per heavy atom. The highest BCUT2D eigenvalue weighted by atomic mass is 32.1. The van der Waals surface area contributed by atoms with Crippen LogP contribution in [0.3, 0.4) is 0 Å². The van der Waals surface area contributed by atoms with E-state index in [-0.39, 0.29) is 0 Å². The third-order valence-electron chi connectivity index (χ3n) is 6.14. The van der Waals surface area contributed by atoms with Crippen molar-refractivity contribution in [1.29, 1.82) is 0 Å². The highest BCUT2D eigenvalue weighted by molar-refractivity contribution is 7.00. The highest BCUT2D eigenvalue weighted by Gasteiger charge is 2.48. The van der Waals surface area contributed by atoms with Gasteiger partial charge in [-0.2, -0.15) is 8.75 Å². The summed E-state index contributed by atoms with van der Waals surface area (Å²) >= 11 is 1.12. The molecule has 1 aliphatic heterocycles. The summed E-state index contributed by atoms with van der Waals surface area (Å²) in [5.74, 6) is -1.71. The van der Waals surface area contributed by atoms with E-state index in [4.69, 9.17) is 9.47 Å². The van der Waals surface area contributed by atoms with Crippen molar-refractivity contribution in [1.82, 2.24) is 8.75 Å². The second-order valence-electron chi connectivity index (χ2n) is 8.18. The predicted octanol–water partition coefficient (Wildman–Crippen LogP) is 4.72. The van der Waals surface area contributed by atoms with Gasteiger partial charge in [-0.3, -0.25) is 0 Å².